The third kappa shape index (κ3) is 3.60. The molecule has 150 valence electrons. The van der Waals surface area contributed by atoms with Crippen LogP contribution in [-0.2, 0) is 15.1 Å². The van der Waals surface area contributed by atoms with Crippen LogP contribution in [0.3, 0.4) is 0 Å². The van der Waals surface area contributed by atoms with Crippen molar-refractivity contribution in [1.82, 2.24) is 9.88 Å². The van der Waals surface area contributed by atoms with Crippen molar-refractivity contribution >= 4 is 18.3 Å². The van der Waals surface area contributed by atoms with Gasteiger partial charge >= 0.3 is 0 Å². The molecule has 27 heavy (non-hydrogen) atoms. The maximum absolute atomic E-state index is 11.6. The first-order valence-corrected chi connectivity index (χ1v) is 9.78. The Kier molecular flexibility index (Phi) is 6.41. The fourth-order valence-corrected chi connectivity index (χ4v) is 5.51. The molecular weight excluding hydrogens is 366 g/mol. The number of methoxy groups -OCH3 is 1. The lowest BCUT2D eigenvalue weighted by Gasteiger charge is -2.57. The van der Waals surface area contributed by atoms with E-state index in [0.29, 0.717) is 23.6 Å². The second-order valence-corrected chi connectivity index (χ2v) is 7.94. The molecule has 1 aliphatic carbocycles. The number of rotatable bonds is 4. The topological polar surface area (TPSA) is 77.7 Å². The maximum atomic E-state index is 11.6. The monoisotopic (exact) mass is 395 g/mol. The zero-order valence-corrected chi connectivity index (χ0v) is 16.7. The lowest BCUT2D eigenvalue weighted by atomic mass is 9.62. The smallest absolute Gasteiger partial charge is 0.267 e. The van der Waals surface area contributed by atoms with Crippen molar-refractivity contribution in [3.05, 3.63) is 29.6 Å². The van der Waals surface area contributed by atoms with Crippen LogP contribution in [0.4, 0.5) is 0 Å². The summed E-state index contributed by atoms with van der Waals surface area (Å²) in [5.41, 5.74) is 6.49. The number of hydrogen-bond donors (Lipinski definition) is 1. The molecule has 4 rings (SSSR count). The molecule has 3 fully saturated rings. The maximum Gasteiger partial charge on any atom is 0.267 e. The minimum absolute atomic E-state index is 0. The number of piperidine rings is 1. The second kappa shape index (κ2) is 8.43. The van der Waals surface area contributed by atoms with E-state index in [1.807, 2.05) is 19.2 Å². The first-order valence-electron chi connectivity index (χ1n) is 9.78. The van der Waals surface area contributed by atoms with Gasteiger partial charge in [-0.15, -0.1) is 12.4 Å². The standard InChI is InChI=1S/C20H29N3O3.ClH/c1-25-20(14-7-8-22-18(10-14)19(21)24)15-4-2-5-16(20)12-23(11-15)17-6-3-9-26-13-17;/h7-8,10,15-17H,2-6,9,11-13H2,1H3,(H2,21,24);1H/t15-,16+,17-,20?;/m0./s1. The number of hydrogen-bond acceptors (Lipinski definition) is 5. The summed E-state index contributed by atoms with van der Waals surface area (Å²) in [5.74, 6) is 0.329. The lowest BCUT2D eigenvalue weighted by molar-refractivity contribution is -0.179. The van der Waals surface area contributed by atoms with Crippen LogP contribution < -0.4 is 5.73 Å². The van der Waals surface area contributed by atoms with Gasteiger partial charge in [0.25, 0.3) is 5.91 Å². The zero-order valence-electron chi connectivity index (χ0n) is 15.9. The molecule has 0 aromatic carbocycles. The number of ether oxygens (including phenoxy) is 2. The lowest BCUT2D eigenvalue weighted by Crippen LogP contribution is -2.61. The highest BCUT2D eigenvalue weighted by Crippen LogP contribution is 2.52. The SMILES string of the molecule is COC1(c2ccnc(C(N)=O)c2)[C@@H]2CCC[C@H]1CN([C@H]1CCCOC1)C2.Cl. The molecule has 1 unspecified atom stereocenters. The van der Waals surface area contributed by atoms with E-state index in [1.54, 1.807) is 6.20 Å². The van der Waals surface area contributed by atoms with Gasteiger partial charge in [0.05, 0.1) is 6.61 Å². The number of aromatic nitrogens is 1. The molecule has 2 saturated heterocycles. The van der Waals surface area contributed by atoms with Crippen molar-refractivity contribution < 1.29 is 14.3 Å². The summed E-state index contributed by atoms with van der Waals surface area (Å²) < 4.78 is 12.0. The highest BCUT2D eigenvalue weighted by molar-refractivity contribution is 5.90. The molecule has 3 aliphatic rings. The highest BCUT2D eigenvalue weighted by Gasteiger charge is 2.54. The Bertz CT molecular complexity index is 652. The third-order valence-corrected chi connectivity index (χ3v) is 6.68. The van der Waals surface area contributed by atoms with Crippen molar-refractivity contribution in [3.63, 3.8) is 0 Å². The van der Waals surface area contributed by atoms with Gasteiger partial charge in [-0.05, 0) is 43.4 Å². The number of nitrogens with two attached hydrogens (primary N) is 1. The molecule has 1 saturated carbocycles. The van der Waals surface area contributed by atoms with Gasteiger partial charge in [-0.1, -0.05) is 6.42 Å². The molecular formula is C20H30ClN3O3. The number of pyridine rings is 1. The van der Waals surface area contributed by atoms with E-state index in [-0.39, 0.29) is 18.0 Å². The predicted molar refractivity (Wildman–Crippen MR) is 105 cm³/mol. The number of halogens is 1. The summed E-state index contributed by atoms with van der Waals surface area (Å²) in [6.07, 6.45) is 7.58. The van der Waals surface area contributed by atoms with Gasteiger partial charge in [0.1, 0.15) is 11.3 Å². The fourth-order valence-electron chi connectivity index (χ4n) is 5.51. The van der Waals surface area contributed by atoms with Crippen LogP contribution in [0.5, 0.6) is 0 Å². The summed E-state index contributed by atoms with van der Waals surface area (Å²) in [6, 6.07) is 4.37. The Morgan fingerprint density at radius 3 is 2.63 bits per heavy atom. The van der Waals surface area contributed by atoms with E-state index in [1.165, 1.54) is 12.8 Å². The van der Waals surface area contributed by atoms with Crippen LogP contribution in [-0.4, -0.2) is 55.2 Å². The minimum atomic E-state index is -0.486. The Balaban J connectivity index is 0.00000210. The average molecular weight is 396 g/mol. The van der Waals surface area contributed by atoms with Gasteiger partial charge in [-0.25, -0.2) is 0 Å². The number of fused-ring (bicyclic) bond motifs is 2. The van der Waals surface area contributed by atoms with Crippen molar-refractivity contribution in [2.45, 2.75) is 43.7 Å². The molecule has 2 aliphatic heterocycles. The summed E-state index contributed by atoms with van der Waals surface area (Å²) in [6.45, 7) is 3.78. The normalized spacial score (nSPS) is 33.9. The van der Waals surface area contributed by atoms with Gasteiger partial charge < -0.3 is 15.2 Å². The zero-order chi connectivity index (χ0) is 18.1. The van der Waals surface area contributed by atoms with Crippen LogP contribution in [0, 0.1) is 11.8 Å². The molecule has 6 nitrogen and oxygen atoms in total. The van der Waals surface area contributed by atoms with Gasteiger partial charge in [-0.3, -0.25) is 14.7 Å². The number of nitrogens with zero attached hydrogens (tertiary/aromatic N) is 2. The van der Waals surface area contributed by atoms with Crippen LogP contribution in [0.2, 0.25) is 0 Å². The van der Waals surface area contributed by atoms with Gasteiger partial charge in [-0.2, -0.15) is 0 Å². The van der Waals surface area contributed by atoms with E-state index in [9.17, 15) is 4.79 Å². The quantitative estimate of drug-likeness (QED) is 0.846. The van der Waals surface area contributed by atoms with E-state index in [4.69, 9.17) is 15.2 Å². The highest BCUT2D eigenvalue weighted by atomic mass is 35.5. The van der Waals surface area contributed by atoms with E-state index in [0.717, 1.165) is 51.1 Å². The van der Waals surface area contributed by atoms with Crippen LogP contribution in [0.1, 0.15) is 48.2 Å². The molecule has 0 radical (unpaired) electrons. The number of amides is 1. The molecule has 2 N–H and O–H groups in total. The van der Waals surface area contributed by atoms with Crippen molar-refractivity contribution in [2.24, 2.45) is 17.6 Å². The average Bonchev–Trinajstić information content (AvgIpc) is 2.67. The molecule has 4 atom stereocenters. The summed E-state index contributed by atoms with van der Waals surface area (Å²) in [4.78, 5) is 18.4. The third-order valence-electron chi connectivity index (χ3n) is 6.68. The predicted octanol–water partition coefficient (Wildman–Crippen LogP) is 2.35. The van der Waals surface area contributed by atoms with Crippen LogP contribution in [0.25, 0.3) is 0 Å². The summed E-state index contributed by atoms with van der Waals surface area (Å²) >= 11 is 0. The summed E-state index contributed by atoms with van der Waals surface area (Å²) in [7, 11) is 1.81. The number of likely N-dealkylation sites (tertiary alicyclic amines) is 1. The Hall–Kier alpha value is -1.21. The molecule has 2 bridgehead atoms. The van der Waals surface area contributed by atoms with Crippen LogP contribution in [0.15, 0.2) is 18.3 Å². The molecule has 1 amide bonds. The number of carbonyl (C=O) groups excluding carboxylic acids is 1. The molecule has 1 aromatic rings. The van der Waals surface area contributed by atoms with Gasteiger partial charge in [0.15, 0.2) is 0 Å². The molecule has 7 heteroatoms. The van der Waals surface area contributed by atoms with Gasteiger partial charge in [0, 0.05) is 50.9 Å². The molecule has 0 spiro atoms. The molecule has 3 heterocycles. The van der Waals surface area contributed by atoms with Crippen LogP contribution >= 0.6 is 12.4 Å². The molecule has 1 aromatic heterocycles. The van der Waals surface area contributed by atoms with E-state index < -0.39 is 5.91 Å². The fraction of sp³-hybridized carbons (Fsp3) is 0.700. The first kappa shape index (κ1) is 20.5. The Morgan fingerprint density at radius 2 is 2.04 bits per heavy atom. The minimum Gasteiger partial charge on any atom is -0.380 e. The summed E-state index contributed by atoms with van der Waals surface area (Å²) in [5, 5.41) is 0. The number of primary amides is 1. The van der Waals surface area contributed by atoms with E-state index in [2.05, 4.69) is 9.88 Å². The van der Waals surface area contributed by atoms with Crippen molar-refractivity contribution in [1.29, 1.82) is 0 Å². The van der Waals surface area contributed by atoms with Crippen molar-refractivity contribution in [3.8, 4) is 0 Å². The number of carbonyl (C=O) groups is 1. The van der Waals surface area contributed by atoms with E-state index >= 15 is 0 Å². The Labute approximate surface area is 167 Å². The van der Waals surface area contributed by atoms with Gasteiger partial charge in [0.2, 0.25) is 0 Å². The Morgan fingerprint density at radius 1 is 1.30 bits per heavy atom. The van der Waals surface area contributed by atoms with Crippen molar-refractivity contribution in [2.75, 3.05) is 33.4 Å². The largest absolute Gasteiger partial charge is 0.380 e. The first-order chi connectivity index (χ1) is 12.6. The second-order valence-electron chi connectivity index (χ2n) is 7.94.